The first kappa shape index (κ1) is 14.8. The lowest BCUT2D eigenvalue weighted by Crippen LogP contribution is -2.56. The van der Waals surface area contributed by atoms with Gasteiger partial charge < -0.3 is 15.2 Å². The summed E-state index contributed by atoms with van der Waals surface area (Å²) in [6, 6.07) is 1.17. The first-order valence-corrected chi connectivity index (χ1v) is 8.39. The summed E-state index contributed by atoms with van der Waals surface area (Å²) in [5.74, 6) is 0. The molecule has 3 aliphatic rings. The smallest absolute Gasteiger partial charge is 0.0697 e. The lowest BCUT2D eigenvalue weighted by atomic mass is 9.85. The SMILES string of the molecule is COC1CCN(C2CCOC3(CCCC3)C2)C(CN)C1. The van der Waals surface area contributed by atoms with E-state index in [-0.39, 0.29) is 5.60 Å². The number of hydrogen-bond acceptors (Lipinski definition) is 4. The molecule has 0 aromatic rings. The van der Waals surface area contributed by atoms with E-state index in [9.17, 15) is 0 Å². The fraction of sp³-hybridized carbons (Fsp3) is 1.00. The van der Waals surface area contributed by atoms with Crippen molar-refractivity contribution in [1.82, 2.24) is 4.90 Å². The van der Waals surface area contributed by atoms with E-state index < -0.39 is 0 Å². The third-order valence-electron chi connectivity index (χ3n) is 5.77. The Morgan fingerprint density at radius 3 is 2.80 bits per heavy atom. The highest BCUT2D eigenvalue weighted by atomic mass is 16.5. The van der Waals surface area contributed by atoms with E-state index in [4.69, 9.17) is 15.2 Å². The van der Waals surface area contributed by atoms with E-state index in [2.05, 4.69) is 4.90 Å². The topological polar surface area (TPSA) is 47.7 Å². The highest BCUT2D eigenvalue weighted by Gasteiger charge is 2.43. The number of methoxy groups -OCH3 is 1. The Hall–Kier alpha value is -0.160. The van der Waals surface area contributed by atoms with Crippen LogP contribution in [0.2, 0.25) is 0 Å². The minimum Gasteiger partial charge on any atom is -0.381 e. The molecule has 0 radical (unpaired) electrons. The van der Waals surface area contributed by atoms with Crippen molar-refractivity contribution in [3.8, 4) is 0 Å². The van der Waals surface area contributed by atoms with Gasteiger partial charge in [-0.1, -0.05) is 12.8 Å². The molecule has 3 rings (SSSR count). The Bertz CT molecular complexity index is 318. The van der Waals surface area contributed by atoms with Gasteiger partial charge in [0.1, 0.15) is 0 Å². The van der Waals surface area contributed by atoms with Crippen LogP contribution in [0.3, 0.4) is 0 Å². The average molecular weight is 282 g/mol. The minimum absolute atomic E-state index is 0.209. The van der Waals surface area contributed by atoms with Gasteiger partial charge in [-0.3, -0.25) is 4.90 Å². The number of piperidine rings is 1. The predicted molar refractivity (Wildman–Crippen MR) is 79.8 cm³/mol. The molecule has 2 aliphatic heterocycles. The highest BCUT2D eigenvalue weighted by Crippen LogP contribution is 2.42. The number of nitrogens with zero attached hydrogens (tertiary/aromatic N) is 1. The summed E-state index contributed by atoms with van der Waals surface area (Å²) in [6.45, 7) is 2.83. The maximum atomic E-state index is 6.18. The monoisotopic (exact) mass is 282 g/mol. The van der Waals surface area contributed by atoms with Gasteiger partial charge in [-0.05, 0) is 38.5 Å². The average Bonchev–Trinajstić information content (AvgIpc) is 2.94. The number of hydrogen-bond donors (Lipinski definition) is 1. The molecule has 1 spiro atoms. The fourth-order valence-electron chi connectivity index (χ4n) is 4.61. The molecule has 1 saturated carbocycles. The van der Waals surface area contributed by atoms with Gasteiger partial charge in [0, 0.05) is 38.9 Å². The molecule has 3 fully saturated rings. The van der Waals surface area contributed by atoms with Crippen LogP contribution in [0.15, 0.2) is 0 Å². The van der Waals surface area contributed by atoms with Crippen molar-refractivity contribution < 1.29 is 9.47 Å². The molecule has 3 atom stereocenters. The van der Waals surface area contributed by atoms with Gasteiger partial charge in [-0.15, -0.1) is 0 Å². The quantitative estimate of drug-likeness (QED) is 0.859. The number of nitrogens with two attached hydrogens (primary N) is 1. The maximum Gasteiger partial charge on any atom is 0.0697 e. The third-order valence-corrected chi connectivity index (χ3v) is 5.77. The van der Waals surface area contributed by atoms with Crippen LogP contribution in [-0.4, -0.2) is 55.5 Å². The predicted octanol–water partition coefficient (Wildman–Crippen LogP) is 1.92. The second-order valence-electron chi connectivity index (χ2n) is 6.89. The standard InChI is InChI=1S/C16H30N2O2/c1-19-15-4-8-18(14(10-15)12-17)13-5-9-20-16(11-13)6-2-3-7-16/h13-15H,2-12,17H2,1H3. The third kappa shape index (κ3) is 2.89. The molecule has 2 heterocycles. The van der Waals surface area contributed by atoms with Crippen LogP contribution in [0.4, 0.5) is 0 Å². The van der Waals surface area contributed by atoms with Crippen LogP contribution in [0.25, 0.3) is 0 Å². The summed E-state index contributed by atoms with van der Waals surface area (Å²) < 4.78 is 11.7. The normalized spacial score (nSPS) is 38.4. The lowest BCUT2D eigenvalue weighted by Gasteiger charge is -2.48. The number of ether oxygens (including phenoxy) is 2. The zero-order valence-electron chi connectivity index (χ0n) is 12.9. The summed E-state index contributed by atoms with van der Waals surface area (Å²) in [5, 5.41) is 0. The molecule has 0 aromatic carbocycles. The summed E-state index contributed by atoms with van der Waals surface area (Å²) in [6.07, 6.45) is 10.3. The molecular weight excluding hydrogens is 252 g/mol. The Morgan fingerprint density at radius 2 is 2.10 bits per heavy atom. The molecular formula is C16H30N2O2. The summed E-state index contributed by atoms with van der Waals surface area (Å²) in [5.41, 5.74) is 6.24. The highest BCUT2D eigenvalue weighted by molar-refractivity contribution is 4.97. The van der Waals surface area contributed by atoms with Crippen LogP contribution in [0.5, 0.6) is 0 Å². The van der Waals surface area contributed by atoms with E-state index >= 15 is 0 Å². The Morgan fingerprint density at radius 1 is 1.30 bits per heavy atom. The fourth-order valence-corrected chi connectivity index (χ4v) is 4.61. The number of likely N-dealkylation sites (tertiary alicyclic amines) is 1. The van der Waals surface area contributed by atoms with E-state index in [1.54, 1.807) is 0 Å². The molecule has 1 aliphatic carbocycles. The van der Waals surface area contributed by atoms with Gasteiger partial charge in [-0.2, -0.15) is 0 Å². The molecule has 0 bridgehead atoms. The summed E-state index contributed by atoms with van der Waals surface area (Å²) >= 11 is 0. The molecule has 4 heteroatoms. The number of rotatable bonds is 3. The molecule has 116 valence electrons. The van der Waals surface area contributed by atoms with Gasteiger partial charge in [0.25, 0.3) is 0 Å². The van der Waals surface area contributed by atoms with Gasteiger partial charge >= 0.3 is 0 Å². The summed E-state index contributed by atoms with van der Waals surface area (Å²) in [7, 11) is 1.83. The van der Waals surface area contributed by atoms with Crippen LogP contribution >= 0.6 is 0 Å². The molecule has 0 aromatic heterocycles. The van der Waals surface area contributed by atoms with Crippen molar-refractivity contribution in [2.75, 3.05) is 26.8 Å². The van der Waals surface area contributed by atoms with Crippen LogP contribution < -0.4 is 5.73 Å². The minimum atomic E-state index is 0.209. The molecule has 2 saturated heterocycles. The van der Waals surface area contributed by atoms with Crippen molar-refractivity contribution in [3.63, 3.8) is 0 Å². The lowest BCUT2D eigenvalue weighted by molar-refractivity contribution is -0.115. The van der Waals surface area contributed by atoms with E-state index in [0.29, 0.717) is 18.2 Å². The first-order valence-electron chi connectivity index (χ1n) is 8.39. The van der Waals surface area contributed by atoms with Crippen molar-refractivity contribution in [3.05, 3.63) is 0 Å². The van der Waals surface area contributed by atoms with Gasteiger partial charge in [0.05, 0.1) is 11.7 Å². The van der Waals surface area contributed by atoms with Crippen LogP contribution in [0.1, 0.15) is 51.4 Å². The second-order valence-corrected chi connectivity index (χ2v) is 6.89. The van der Waals surface area contributed by atoms with E-state index in [1.165, 1.54) is 38.5 Å². The molecule has 2 N–H and O–H groups in total. The van der Waals surface area contributed by atoms with Crippen LogP contribution in [-0.2, 0) is 9.47 Å². The Balaban J connectivity index is 1.65. The van der Waals surface area contributed by atoms with Crippen LogP contribution in [0, 0.1) is 0 Å². The molecule has 4 nitrogen and oxygen atoms in total. The van der Waals surface area contributed by atoms with E-state index in [1.807, 2.05) is 7.11 Å². The van der Waals surface area contributed by atoms with Gasteiger partial charge in [0.2, 0.25) is 0 Å². The Labute approximate surface area is 123 Å². The van der Waals surface area contributed by atoms with E-state index in [0.717, 1.165) is 32.5 Å². The van der Waals surface area contributed by atoms with Gasteiger partial charge in [-0.25, -0.2) is 0 Å². The van der Waals surface area contributed by atoms with Crippen molar-refractivity contribution in [2.24, 2.45) is 5.73 Å². The van der Waals surface area contributed by atoms with Crippen molar-refractivity contribution in [2.45, 2.75) is 75.2 Å². The largest absolute Gasteiger partial charge is 0.381 e. The maximum absolute atomic E-state index is 6.18. The molecule has 20 heavy (non-hydrogen) atoms. The van der Waals surface area contributed by atoms with Crippen molar-refractivity contribution >= 4 is 0 Å². The zero-order valence-corrected chi connectivity index (χ0v) is 12.9. The Kier molecular flexibility index (Phi) is 4.65. The first-order chi connectivity index (χ1) is 9.76. The molecule has 0 amide bonds. The van der Waals surface area contributed by atoms with Crippen molar-refractivity contribution in [1.29, 1.82) is 0 Å². The summed E-state index contributed by atoms with van der Waals surface area (Å²) in [4.78, 5) is 2.68. The second kappa shape index (κ2) is 6.30. The zero-order chi connectivity index (χ0) is 14.0. The molecule has 3 unspecified atom stereocenters. The van der Waals surface area contributed by atoms with Gasteiger partial charge in [0.15, 0.2) is 0 Å².